The van der Waals surface area contributed by atoms with Crippen LogP contribution in [0, 0.1) is 7.14 Å². The second-order valence-electron chi connectivity index (χ2n) is 8.38. The highest BCUT2D eigenvalue weighted by molar-refractivity contribution is 14.1. The Morgan fingerprint density at radius 1 is 0.550 bits per heavy atom. The van der Waals surface area contributed by atoms with Gasteiger partial charge >= 0.3 is 11.9 Å². The van der Waals surface area contributed by atoms with E-state index in [0.29, 0.717) is 91.8 Å². The third-order valence-corrected chi connectivity index (χ3v) is 6.87. The van der Waals surface area contributed by atoms with Gasteiger partial charge in [-0.3, -0.25) is 9.59 Å². The van der Waals surface area contributed by atoms with E-state index in [4.69, 9.17) is 37.9 Å². The van der Waals surface area contributed by atoms with Gasteiger partial charge < -0.3 is 37.9 Å². The normalized spacial score (nSPS) is 10.9. The fourth-order valence-corrected chi connectivity index (χ4v) is 4.33. The molecule has 1 aromatic carbocycles. The number of carbonyl (C=O) groups is 2. The van der Waals surface area contributed by atoms with Gasteiger partial charge in [-0.15, -0.1) is 0 Å². The molecule has 12 heteroatoms. The van der Waals surface area contributed by atoms with Crippen LogP contribution in [0.25, 0.3) is 0 Å². The summed E-state index contributed by atoms with van der Waals surface area (Å²) in [6.07, 6.45) is 3.57. The zero-order chi connectivity index (χ0) is 29.3. The van der Waals surface area contributed by atoms with Crippen molar-refractivity contribution in [2.75, 3.05) is 79.3 Å². The van der Waals surface area contributed by atoms with E-state index in [1.807, 2.05) is 26.0 Å². The van der Waals surface area contributed by atoms with Crippen LogP contribution in [0.2, 0.25) is 0 Å². The van der Waals surface area contributed by atoms with Crippen molar-refractivity contribution in [2.24, 2.45) is 0 Å². The average Bonchev–Trinajstić information content (AvgIpc) is 2.93. The van der Waals surface area contributed by atoms with Crippen LogP contribution in [-0.4, -0.2) is 91.2 Å². The SMILES string of the molecule is CCOCCOCCOC(=O)CCCCOc1cc(I)c(OCCCCC(=O)OCCOCCOCC)cc1I. The van der Waals surface area contributed by atoms with E-state index in [9.17, 15) is 9.59 Å². The van der Waals surface area contributed by atoms with E-state index < -0.39 is 0 Å². The van der Waals surface area contributed by atoms with Crippen molar-refractivity contribution in [1.82, 2.24) is 0 Å². The minimum Gasteiger partial charge on any atom is -0.492 e. The van der Waals surface area contributed by atoms with Gasteiger partial charge in [-0.05, 0) is 96.8 Å². The molecule has 0 aliphatic rings. The summed E-state index contributed by atoms with van der Waals surface area (Å²) < 4.78 is 45.0. The van der Waals surface area contributed by atoms with E-state index in [2.05, 4.69) is 45.2 Å². The molecule has 0 N–H and O–H groups in total. The molecule has 40 heavy (non-hydrogen) atoms. The third-order valence-electron chi connectivity index (χ3n) is 5.19. The van der Waals surface area contributed by atoms with Crippen molar-refractivity contribution in [2.45, 2.75) is 52.4 Å². The average molecular weight is 794 g/mol. The lowest BCUT2D eigenvalue weighted by atomic mass is 10.2. The van der Waals surface area contributed by atoms with Crippen LogP contribution >= 0.6 is 45.2 Å². The number of halogens is 2. The smallest absolute Gasteiger partial charge is 0.305 e. The summed E-state index contributed by atoms with van der Waals surface area (Å²) in [7, 11) is 0. The Labute approximate surface area is 265 Å². The van der Waals surface area contributed by atoms with Crippen molar-refractivity contribution in [3.8, 4) is 11.5 Å². The number of unbranched alkanes of at least 4 members (excludes halogenated alkanes) is 2. The van der Waals surface area contributed by atoms with Crippen LogP contribution in [0.5, 0.6) is 11.5 Å². The molecule has 0 radical (unpaired) electrons. The van der Waals surface area contributed by atoms with Crippen LogP contribution in [0.1, 0.15) is 52.4 Å². The molecule has 0 saturated carbocycles. The molecule has 0 atom stereocenters. The maximum absolute atomic E-state index is 11.8. The lowest BCUT2D eigenvalue weighted by Crippen LogP contribution is -2.13. The summed E-state index contributed by atoms with van der Waals surface area (Å²) in [5, 5.41) is 0. The molecule has 0 amide bonds. The van der Waals surface area contributed by atoms with Crippen LogP contribution in [-0.2, 0) is 38.0 Å². The molecule has 0 bridgehead atoms. The lowest BCUT2D eigenvalue weighted by Gasteiger charge is -2.13. The van der Waals surface area contributed by atoms with Crippen molar-refractivity contribution in [3.05, 3.63) is 19.3 Å². The molecular formula is C28H44I2O10. The fourth-order valence-electron chi connectivity index (χ4n) is 3.14. The second kappa shape index (κ2) is 25.7. The monoisotopic (exact) mass is 794 g/mol. The molecule has 0 aliphatic heterocycles. The summed E-state index contributed by atoms with van der Waals surface area (Å²) >= 11 is 4.45. The second-order valence-corrected chi connectivity index (χ2v) is 10.7. The van der Waals surface area contributed by atoms with Crippen LogP contribution < -0.4 is 9.47 Å². The zero-order valence-electron chi connectivity index (χ0n) is 23.7. The van der Waals surface area contributed by atoms with Gasteiger partial charge in [0.05, 0.1) is 60.0 Å². The van der Waals surface area contributed by atoms with E-state index >= 15 is 0 Å². The Hall–Kier alpha value is -0.940. The predicted molar refractivity (Wildman–Crippen MR) is 167 cm³/mol. The van der Waals surface area contributed by atoms with Gasteiger partial charge in [-0.2, -0.15) is 0 Å². The number of carbonyl (C=O) groups excluding carboxylic acids is 2. The van der Waals surface area contributed by atoms with Crippen molar-refractivity contribution >= 4 is 57.1 Å². The molecule has 0 aromatic heterocycles. The number of ether oxygens (including phenoxy) is 8. The van der Waals surface area contributed by atoms with Gasteiger partial charge in [0, 0.05) is 26.1 Å². The van der Waals surface area contributed by atoms with E-state index in [1.165, 1.54) is 0 Å². The van der Waals surface area contributed by atoms with Crippen LogP contribution in [0.3, 0.4) is 0 Å². The summed E-state index contributed by atoms with van der Waals surface area (Å²) in [6, 6.07) is 3.90. The quantitative estimate of drug-likeness (QED) is 0.0708. The number of benzene rings is 1. The molecule has 1 rings (SSSR count). The van der Waals surface area contributed by atoms with E-state index in [1.54, 1.807) is 0 Å². The minimum atomic E-state index is -0.227. The molecule has 0 unspecified atom stereocenters. The van der Waals surface area contributed by atoms with Crippen molar-refractivity contribution < 1.29 is 47.5 Å². The maximum Gasteiger partial charge on any atom is 0.305 e. The third kappa shape index (κ3) is 20.0. The molecule has 230 valence electrons. The summed E-state index contributed by atoms with van der Waals surface area (Å²) in [6.45, 7) is 9.56. The molecular weight excluding hydrogens is 750 g/mol. The Kier molecular flexibility index (Phi) is 23.9. The summed E-state index contributed by atoms with van der Waals surface area (Å²) in [4.78, 5) is 23.6. The minimum absolute atomic E-state index is 0.227. The Morgan fingerprint density at radius 3 is 1.32 bits per heavy atom. The molecule has 0 heterocycles. The first-order valence-electron chi connectivity index (χ1n) is 13.8. The molecule has 1 aromatic rings. The summed E-state index contributed by atoms with van der Waals surface area (Å²) in [5.74, 6) is 1.12. The lowest BCUT2D eigenvalue weighted by molar-refractivity contribution is -0.146. The highest BCUT2D eigenvalue weighted by Crippen LogP contribution is 2.31. The number of hydrogen-bond donors (Lipinski definition) is 0. The maximum atomic E-state index is 11.8. The molecule has 0 aliphatic carbocycles. The topological polar surface area (TPSA) is 108 Å². The number of rotatable bonds is 26. The van der Waals surface area contributed by atoms with E-state index in [0.717, 1.165) is 31.5 Å². The van der Waals surface area contributed by atoms with Gasteiger partial charge in [0.15, 0.2) is 0 Å². The zero-order valence-corrected chi connectivity index (χ0v) is 28.0. The number of esters is 2. The van der Waals surface area contributed by atoms with Gasteiger partial charge in [-0.1, -0.05) is 0 Å². The predicted octanol–water partition coefficient (Wildman–Crippen LogP) is 5.19. The first-order valence-corrected chi connectivity index (χ1v) is 16.0. The highest BCUT2D eigenvalue weighted by atomic mass is 127. The Morgan fingerprint density at radius 2 is 0.925 bits per heavy atom. The number of hydrogen-bond acceptors (Lipinski definition) is 10. The van der Waals surface area contributed by atoms with Crippen LogP contribution in [0.4, 0.5) is 0 Å². The molecule has 0 fully saturated rings. The van der Waals surface area contributed by atoms with E-state index in [-0.39, 0.29) is 25.2 Å². The Bertz CT molecular complexity index is 744. The van der Waals surface area contributed by atoms with Gasteiger partial charge in [-0.25, -0.2) is 0 Å². The molecule has 0 spiro atoms. The molecule has 0 saturated heterocycles. The fraction of sp³-hybridized carbons (Fsp3) is 0.714. The van der Waals surface area contributed by atoms with Gasteiger partial charge in [0.2, 0.25) is 0 Å². The molecule has 10 nitrogen and oxygen atoms in total. The summed E-state index contributed by atoms with van der Waals surface area (Å²) in [5.41, 5.74) is 0. The highest BCUT2D eigenvalue weighted by Gasteiger charge is 2.10. The largest absolute Gasteiger partial charge is 0.492 e. The van der Waals surface area contributed by atoms with Gasteiger partial charge in [0.1, 0.15) is 24.7 Å². The standard InChI is InChI=1S/C28H44I2O10/c1-3-33-13-15-35-17-19-39-27(31)9-5-7-11-37-25-21-24(30)26(22-23(25)29)38-12-8-6-10-28(32)40-20-18-36-16-14-34-4-2/h21-22H,3-20H2,1-2H3. The van der Waals surface area contributed by atoms with Crippen LogP contribution in [0.15, 0.2) is 12.1 Å². The Balaban J connectivity index is 2.12. The first-order chi connectivity index (χ1) is 19.5. The first kappa shape index (κ1) is 37.1. The van der Waals surface area contributed by atoms with Crippen molar-refractivity contribution in [3.63, 3.8) is 0 Å². The van der Waals surface area contributed by atoms with Gasteiger partial charge in [0.25, 0.3) is 0 Å². The van der Waals surface area contributed by atoms with Crippen molar-refractivity contribution in [1.29, 1.82) is 0 Å².